The highest BCUT2D eigenvalue weighted by atomic mass is 16.5. The van der Waals surface area contributed by atoms with Crippen molar-refractivity contribution in [3.63, 3.8) is 0 Å². The minimum atomic E-state index is -0.340. The lowest BCUT2D eigenvalue weighted by Gasteiger charge is -2.06. The number of amides is 3. The Kier molecular flexibility index (Phi) is 34.7. The smallest absolute Gasteiger partial charge is 0.407 e. The van der Waals surface area contributed by atoms with Gasteiger partial charge in [0.25, 0.3) is 0 Å². The van der Waals surface area contributed by atoms with Gasteiger partial charge in [-0.3, -0.25) is 14.4 Å². The Balaban J connectivity index is -0.000000105. The maximum atomic E-state index is 10.5. The predicted molar refractivity (Wildman–Crippen MR) is 136 cm³/mol. The Morgan fingerprint density at radius 1 is 0.727 bits per heavy atom. The van der Waals surface area contributed by atoms with E-state index in [1.54, 1.807) is 6.92 Å². The summed E-state index contributed by atoms with van der Waals surface area (Å²) in [6.45, 7) is 22.7. The zero-order valence-electron chi connectivity index (χ0n) is 22.4. The van der Waals surface area contributed by atoms with Gasteiger partial charge in [0.2, 0.25) is 11.8 Å². The zero-order valence-corrected chi connectivity index (χ0v) is 22.4. The van der Waals surface area contributed by atoms with Crippen molar-refractivity contribution in [2.24, 2.45) is 0 Å². The molecule has 33 heavy (non-hydrogen) atoms. The fourth-order valence-corrected chi connectivity index (χ4v) is 1.52. The summed E-state index contributed by atoms with van der Waals surface area (Å²) in [5, 5.41) is 8.00. The first-order chi connectivity index (χ1) is 14.6. The summed E-state index contributed by atoms with van der Waals surface area (Å²) >= 11 is 0. The van der Waals surface area contributed by atoms with E-state index in [1.807, 2.05) is 62.3 Å². The Labute approximate surface area is 203 Å². The fraction of sp³-hybridized carbons (Fsp3) is 0.833. The average Bonchev–Trinajstić information content (AvgIpc) is 2.59. The van der Waals surface area contributed by atoms with Crippen molar-refractivity contribution in [3.05, 3.63) is 0 Å². The SMILES string of the molecule is C.CC(=O)COC(C)C.CC(=O)NC(C)C.CCC(=O)NC(C)C.CCOC(=O)NC(C)C. The lowest BCUT2D eigenvalue weighted by atomic mass is 10.3. The van der Waals surface area contributed by atoms with E-state index in [1.165, 1.54) is 13.8 Å². The van der Waals surface area contributed by atoms with Crippen LogP contribution in [0.4, 0.5) is 4.79 Å². The van der Waals surface area contributed by atoms with E-state index >= 15 is 0 Å². The number of nitrogens with one attached hydrogen (secondary N) is 3. The van der Waals surface area contributed by atoms with Gasteiger partial charge in [0.05, 0.1) is 12.7 Å². The standard InChI is InChI=1S/C6H13NO2.C6H13NO.C6H12O2.C5H11NO.CH4/c1-4-9-6(8)7-5(2)3;1-4-6(8)7-5(2)3;1-5(2)8-4-6(3)7;1-4(2)6-5(3)7;/h5H,4H2,1-3H3,(H,7,8);5H,4H2,1-3H3,(H,7,8);5H,4H2,1-3H3;4H,1-3H3,(H,6,7);1H4. The summed E-state index contributed by atoms with van der Waals surface area (Å²) in [7, 11) is 0. The minimum absolute atomic E-state index is 0. The molecule has 0 heterocycles. The van der Waals surface area contributed by atoms with E-state index in [4.69, 9.17) is 4.74 Å². The molecule has 0 aliphatic heterocycles. The van der Waals surface area contributed by atoms with Crippen LogP contribution < -0.4 is 16.0 Å². The molecule has 0 saturated heterocycles. The summed E-state index contributed by atoms with van der Waals surface area (Å²) in [5.74, 6) is 0.244. The Morgan fingerprint density at radius 2 is 1.15 bits per heavy atom. The summed E-state index contributed by atoms with van der Waals surface area (Å²) in [4.78, 5) is 41.4. The van der Waals surface area contributed by atoms with Crippen molar-refractivity contribution in [2.75, 3.05) is 13.2 Å². The molecule has 0 rings (SSSR count). The van der Waals surface area contributed by atoms with Gasteiger partial charge >= 0.3 is 6.09 Å². The van der Waals surface area contributed by atoms with Gasteiger partial charge in [-0.1, -0.05) is 14.4 Å². The molecule has 0 aliphatic rings. The fourth-order valence-electron chi connectivity index (χ4n) is 1.52. The van der Waals surface area contributed by atoms with Crippen molar-refractivity contribution in [2.45, 2.75) is 121 Å². The quantitative estimate of drug-likeness (QED) is 0.479. The van der Waals surface area contributed by atoms with Crippen LogP contribution in [0.2, 0.25) is 0 Å². The van der Waals surface area contributed by atoms with Crippen molar-refractivity contribution in [1.82, 2.24) is 16.0 Å². The molecule has 0 atom stereocenters. The number of ether oxygens (including phenoxy) is 2. The van der Waals surface area contributed by atoms with Gasteiger partial charge in [-0.15, -0.1) is 0 Å². The van der Waals surface area contributed by atoms with Crippen LogP contribution in [0.3, 0.4) is 0 Å². The molecule has 0 saturated carbocycles. The molecule has 9 heteroatoms. The first-order valence-electron chi connectivity index (χ1n) is 11.2. The van der Waals surface area contributed by atoms with Gasteiger partial charge in [0, 0.05) is 31.5 Å². The Bertz CT molecular complexity index is 493. The highest BCUT2D eigenvalue weighted by Crippen LogP contribution is 1.86. The first-order valence-corrected chi connectivity index (χ1v) is 11.2. The van der Waals surface area contributed by atoms with Gasteiger partial charge < -0.3 is 25.4 Å². The Hall–Kier alpha value is -2.16. The molecule has 0 spiro atoms. The normalized spacial score (nSPS) is 9.21. The van der Waals surface area contributed by atoms with Crippen LogP contribution in [0.5, 0.6) is 0 Å². The van der Waals surface area contributed by atoms with E-state index in [9.17, 15) is 19.2 Å². The van der Waals surface area contributed by atoms with Crippen LogP contribution >= 0.6 is 0 Å². The van der Waals surface area contributed by atoms with Crippen LogP contribution in [-0.2, 0) is 23.9 Å². The second-order valence-electron chi connectivity index (χ2n) is 8.01. The molecule has 0 bridgehead atoms. The first kappa shape index (κ1) is 41.1. The van der Waals surface area contributed by atoms with Gasteiger partial charge in [-0.05, 0) is 69.2 Å². The molecule has 0 unspecified atom stereocenters. The van der Waals surface area contributed by atoms with Crippen LogP contribution in [0, 0.1) is 0 Å². The molecule has 3 N–H and O–H groups in total. The van der Waals surface area contributed by atoms with Crippen molar-refractivity contribution < 1.29 is 28.7 Å². The van der Waals surface area contributed by atoms with E-state index in [0.717, 1.165) is 0 Å². The number of hydrogen-bond acceptors (Lipinski definition) is 6. The van der Waals surface area contributed by atoms with Crippen molar-refractivity contribution in [1.29, 1.82) is 0 Å². The van der Waals surface area contributed by atoms with Crippen LogP contribution in [-0.4, -0.2) is 61.1 Å². The molecule has 200 valence electrons. The molecule has 0 radical (unpaired) electrons. The maximum absolute atomic E-state index is 10.5. The molecule has 3 amide bonds. The van der Waals surface area contributed by atoms with E-state index in [2.05, 4.69) is 20.7 Å². The highest BCUT2D eigenvalue weighted by Gasteiger charge is 2.00. The second kappa shape index (κ2) is 27.9. The summed E-state index contributed by atoms with van der Waals surface area (Å²) in [5.41, 5.74) is 0. The largest absolute Gasteiger partial charge is 0.450 e. The van der Waals surface area contributed by atoms with Gasteiger partial charge in [0.15, 0.2) is 5.78 Å². The monoisotopic (exact) mass is 479 g/mol. The average molecular weight is 480 g/mol. The van der Waals surface area contributed by atoms with Gasteiger partial charge in [0.1, 0.15) is 6.61 Å². The number of carbonyl (C=O) groups excluding carboxylic acids is 4. The number of ketones is 1. The number of carbonyl (C=O) groups is 4. The van der Waals surface area contributed by atoms with Crippen molar-refractivity contribution in [3.8, 4) is 0 Å². The van der Waals surface area contributed by atoms with Crippen LogP contribution in [0.15, 0.2) is 0 Å². The molecule has 9 nitrogen and oxygen atoms in total. The highest BCUT2D eigenvalue weighted by molar-refractivity contribution is 5.76. The number of alkyl carbamates (subject to hydrolysis) is 1. The summed E-state index contributed by atoms with van der Waals surface area (Å²) in [6, 6.07) is 0.712. The molecule has 0 aromatic rings. The molecular weight excluding hydrogens is 426 g/mol. The van der Waals surface area contributed by atoms with E-state index in [0.29, 0.717) is 13.0 Å². The van der Waals surface area contributed by atoms with Crippen LogP contribution in [0.1, 0.15) is 96.9 Å². The number of hydrogen-bond donors (Lipinski definition) is 3. The molecule has 0 aliphatic carbocycles. The van der Waals surface area contributed by atoms with Crippen LogP contribution in [0.25, 0.3) is 0 Å². The Morgan fingerprint density at radius 3 is 1.30 bits per heavy atom. The lowest BCUT2D eigenvalue weighted by molar-refractivity contribution is -0.123. The molecule has 0 aromatic heterocycles. The third-order valence-corrected chi connectivity index (χ3v) is 2.56. The molecule has 0 fully saturated rings. The molecular formula is C24H53N3O6. The predicted octanol–water partition coefficient (Wildman–Crippen LogP) is 4.23. The van der Waals surface area contributed by atoms with E-state index in [-0.39, 0.29) is 62.0 Å². The number of Topliss-reactive ketones (excluding diaryl/α,β-unsaturated/α-hetero) is 1. The number of rotatable bonds is 8. The third kappa shape index (κ3) is 58.8. The lowest BCUT2D eigenvalue weighted by Crippen LogP contribution is -2.30. The maximum Gasteiger partial charge on any atom is 0.407 e. The third-order valence-electron chi connectivity index (χ3n) is 2.56. The summed E-state index contributed by atoms with van der Waals surface area (Å²) in [6.07, 6.45) is 0.407. The topological polar surface area (TPSA) is 123 Å². The molecule has 0 aromatic carbocycles. The van der Waals surface area contributed by atoms with E-state index < -0.39 is 0 Å². The minimum Gasteiger partial charge on any atom is -0.450 e. The zero-order chi connectivity index (χ0) is 26.3. The van der Waals surface area contributed by atoms with Gasteiger partial charge in [-0.2, -0.15) is 0 Å². The summed E-state index contributed by atoms with van der Waals surface area (Å²) < 4.78 is 9.56. The second-order valence-corrected chi connectivity index (χ2v) is 8.01. The van der Waals surface area contributed by atoms with Gasteiger partial charge in [-0.25, -0.2) is 4.79 Å². The van der Waals surface area contributed by atoms with Crippen molar-refractivity contribution >= 4 is 23.7 Å².